The van der Waals surface area contributed by atoms with E-state index < -0.39 is 0 Å². The number of hydrogen-bond donors (Lipinski definition) is 0. The second-order valence-electron chi connectivity index (χ2n) is 6.62. The number of piperidine rings is 1. The number of hydrogen-bond acceptors (Lipinski definition) is 3. The second-order valence-corrected chi connectivity index (χ2v) is 6.62. The summed E-state index contributed by atoms with van der Waals surface area (Å²) in [6.07, 6.45) is 7.11. The summed E-state index contributed by atoms with van der Waals surface area (Å²) < 4.78 is 5.70. The fraction of sp³-hybridized carbons (Fsp3) is 0.938. The van der Waals surface area contributed by atoms with E-state index in [1.54, 1.807) is 0 Å². The van der Waals surface area contributed by atoms with E-state index in [0.717, 1.165) is 31.8 Å². The van der Waals surface area contributed by atoms with Crippen LogP contribution in [0.5, 0.6) is 0 Å². The molecule has 4 unspecified atom stereocenters. The van der Waals surface area contributed by atoms with Crippen LogP contribution in [0.3, 0.4) is 0 Å². The third-order valence-corrected chi connectivity index (χ3v) is 5.32. The van der Waals surface area contributed by atoms with Gasteiger partial charge in [-0.15, -0.1) is 0 Å². The topological polar surface area (TPSA) is 36.3 Å². The molecule has 0 N–H and O–H groups in total. The summed E-state index contributed by atoms with van der Waals surface area (Å²) in [4.78, 5) is 2.54. The Hall–Kier alpha value is -0.590. The van der Waals surface area contributed by atoms with Crippen molar-refractivity contribution in [1.29, 1.82) is 5.26 Å². The molecule has 1 aliphatic carbocycles. The molecule has 1 saturated heterocycles. The molecule has 19 heavy (non-hydrogen) atoms. The van der Waals surface area contributed by atoms with Crippen LogP contribution >= 0.6 is 0 Å². The van der Waals surface area contributed by atoms with E-state index in [2.05, 4.69) is 24.8 Å². The first-order valence-electron chi connectivity index (χ1n) is 7.80. The van der Waals surface area contributed by atoms with Gasteiger partial charge in [0.1, 0.15) is 0 Å². The van der Waals surface area contributed by atoms with Crippen LogP contribution in [0.25, 0.3) is 0 Å². The highest BCUT2D eigenvalue weighted by atomic mass is 16.5. The van der Waals surface area contributed by atoms with Gasteiger partial charge in [-0.3, -0.25) is 4.90 Å². The van der Waals surface area contributed by atoms with Gasteiger partial charge in [-0.1, -0.05) is 13.3 Å². The molecular formula is C16H28N2O. The predicted molar refractivity (Wildman–Crippen MR) is 76.7 cm³/mol. The van der Waals surface area contributed by atoms with E-state index in [1.807, 2.05) is 7.11 Å². The van der Waals surface area contributed by atoms with Gasteiger partial charge in [0.25, 0.3) is 0 Å². The number of ether oxygens (including phenoxy) is 1. The van der Waals surface area contributed by atoms with Gasteiger partial charge in [-0.25, -0.2) is 0 Å². The maximum atomic E-state index is 9.43. The molecule has 2 rings (SSSR count). The number of nitriles is 1. The Labute approximate surface area is 117 Å². The van der Waals surface area contributed by atoms with E-state index in [1.165, 1.54) is 25.7 Å². The monoisotopic (exact) mass is 264 g/mol. The summed E-state index contributed by atoms with van der Waals surface area (Å²) in [7, 11) is 1.82. The maximum absolute atomic E-state index is 9.43. The average molecular weight is 264 g/mol. The van der Waals surface area contributed by atoms with E-state index in [0.29, 0.717) is 6.04 Å². The summed E-state index contributed by atoms with van der Waals surface area (Å²) in [5, 5.41) is 9.43. The molecule has 4 atom stereocenters. The molecule has 0 spiro atoms. The Morgan fingerprint density at radius 1 is 1.42 bits per heavy atom. The number of nitrogens with zero attached hydrogens (tertiary/aromatic N) is 2. The summed E-state index contributed by atoms with van der Waals surface area (Å²) in [6.45, 7) is 6.62. The van der Waals surface area contributed by atoms with Crippen molar-refractivity contribution in [3.8, 4) is 6.07 Å². The molecule has 3 nitrogen and oxygen atoms in total. The Morgan fingerprint density at radius 3 is 2.84 bits per heavy atom. The summed E-state index contributed by atoms with van der Waals surface area (Å²) >= 11 is 0. The quantitative estimate of drug-likeness (QED) is 0.785. The standard InChI is InChI=1S/C16H28N2O/c1-4-13-6-7-14(11-17)15(10-13)18-9-5-8-16(2,12-18)19-3/h13-15H,4-10,12H2,1-3H3. The van der Waals surface area contributed by atoms with Crippen molar-refractivity contribution in [2.45, 2.75) is 64.0 Å². The lowest BCUT2D eigenvalue weighted by atomic mass is 9.76. The van der Waals surface area contributed by atoms with Crippen LogP contribution in [0.4, 0.5) is 0 Å². The van der Waals surface area contributed by atoms with Crippen LogP contribution < -0.4 is 0 Å². The third-order valence-electron chi connectivity index (χ3n) is 5.32. The fourth-order valence-corrected chi connectivity index (χ4v) is 3.85. The van der Waals surface area contributed by atoms with Crippen molar-refractivity contribution in [2.24, 2.45) is 11.8 Å². The zero-order chi connectivity index (χ0) is 13.9. The smallest absolute Gasteiger partial charge is 0.0777 e. The van der Waals surface area contributed by atoms with Gasteiger partial charge in [0, 0.05) is 19.7 Å². The van der Waals surface area contributed by atoms with E-state index in [-0.39, 0.29) is 11.5 Å². The first kappa shape index (κ1) is 14.8. The van der Waals surface area contributed by atoms with Crippen LogP contribution in [0, 0.1) is 23.2 Å². The van der Waals surface area contributed by atoms with Crippen LogP contribution in [0.15, 0.2) is 0 Å². The van der Waals surface area contributed by atoms with Crippen molar-refractivity contribution in [2.75, 3.05) is 20.2 Å². The minimum absolute atomic E-state index is 0.0165. The lowest BCUT2D eigenvalue weighted by molar-refractivity contribution is -0.0713. The van der Waals surface area contributed by atoms with Crippen molar-refractivity contribution in [3.63, 3.8) is 0 Å². The van der Waals surface area contributed by atoms with Gasteiger partial charge in [0.15, 0.2) is 0 Å². The van der Waals surface area contributed by atoms with Gasteiger partial charge in [0.2, 0.25) is 0 Å². The zero-order valence-corrected chi connectivity index (χ0v) is 12.7. The third kappa shape index (κ3) is 3.30. The summed E-state index contributed by atoms with van der Waals surface area (Å²) in [5.74, 6) is 1.03. The molecule has 2 aliphatic rings. The van der Waals surface area contributed by atoms with E-state index >= 15 is 0 Å². The Kier molecular flexibility index (Phi) is 4.86. The molecule has 1 saturated carbocycles. The number of methoxy groups -OCH3 is 1. The van der Waals surface area contributed by atoms with Gasteiger partial charge in [-0.2, -0.15) is 5.26 Å². The van der Waals surface area contributed by atoms with Gasteiger partial charge >= 0.3 is 0 Å². The first-order valence-corrected chi connectivity index (χ1v) is 7.80. The minimum Gasteiger partial charge on any atom is -0.377 e. The SMILES string of the molecule is CCC1CCC(C#N)C(N2CCCC(C)(OC)C2)C1. The molecule has 108 valence electrons. The van der Waals surface area contributed by atoms with E-state index in [9.17, 15) is 5.26 Å². The Balaban J connectivity index is 2.06. The predicted octanol–water partition coefficient (Wildman–Crippen LogP) is 3.21. The Bertz CT molecular complexity index is 338. The molecule has 1 aliphatic heterocycles. The van der Waals surface area contributed by atoms with Crippen molar-refractivity contribution >= 4 is 0 Å². The normalized spacial score (nSPS) is 40.8. The number of likely N-dealkylation sites (tertiary alicyclic amines) is 1. The van der Waals surface area contributed by atoms with Crippen LogP contribution in [0.1, 0.15) is 52.4 Å². The van der Waals surface area contributed by atoms with Gasteiger partial charge in [0.05, 0.1) is 17.6 Å². The summed E-state index contributed by atoms with van der Waals surface area (Å²) in [6, 6.07) is 3.02. The van der Waals surface area contributed by atoms with Crippen LogP contribution in [-0.2, 0) is 4.74 Å². The van der Waals surface area contributed by atoms with Gasteiger partial charge in [-0.05, 0) is 51.5 Å². The van der Waals surface area contributed by atoms with Gasteiger partial charge < -0.3 is 4.74 Å². The molecule has 0 aromatic heterocycles. The molecule has 2 fully saturated rings. The number of rotatable bonds is 3. The van der Waals surface area contributed by atoms with Crippen LogP contribution in [-0.4, -0.2) is 36.7 Å². The molecule has 0 aromatic carbocycles. The lowest BCUT2D eigenvalue weighted by Crippen LogP contribution is -2.54. The molecule has 1 heterocycles. The summed E-state index contributed by atoms with van der Waals surface area (Å²) in [5.41, 5.74) is -0.0165. The highest BCUT2D eigenvalue weighted by Crippen LogP contribution is 2.36. The minimum atomic E-state index is -0.0165. The fourth-order valence-electron chi connectivity index (χ4n) is 3.85. The van der Waals surface area contributed by atoms with Crippen LogP contribution in [0.2, 0.25) is 0 Å². The highest BCUT2D eigenvalue weighted by molar-refractivity contribution is 5.00. The first-order chi connectivity index (χ1) is 9.11. The van der Waals surface area contributed by atoms with E-state index in [4.69, 9.17) is 4.74 Å². The molecule has 3 heteroatoms. The molecule has 0 radical (unpaired) electrons. The molecule has 0 bridgehead atoms. The Morgan fingerprint density at radius 2 is 2.21 bits per heavy atom. The largest absolute Gasteiger partial charge is 0.377 e. The molecular weight excluding hydrogens is 236 g/mol. The molecule has 0 aromatic rings. The maximum Gasteiger partial charge on any atom is 0.0777 e. The highest BCUT2D eigenvalue weighted by Gasteiger charge is 2.39. The molecule has 0 amide bonds. The van der Waals surface area contributed by atoms with Crippen molar-refractivity contribution in [1.82, 2.24) is 4.90 Å². The van der Waals surface area contributed by atoms with Crippen molar-refractivity contribution < 1.29 is 4.74 Å². The zero-order valence-electron chi connectivity index (χ0n) is 12.7. The van der Waals surface area contributed by atoms with Crippen molar-refractivity contribution in [3.05, 3.63) is 0 Å². The average Bonchev–Trinajstić information content (AvgIpc) is 2.46. The second kappa shape index (κ2) is 6.24. The lowest BCUT2D eigenvalue weighted by Gasteiger charge is -2.46.